The van der Waals surface area contributed by atoms with Crippen molar-refractivity contribution in [2.75, 3.05) is 11.9 Å². The minimum Gasteiger partial charge on any atom is -0.481 e. The van der Waals surface area contributed by atoms with Crippen LogP contribution in [-0.4, -0.2) is 29.6 Å². The van der Waals surface area contributed by atoms with Crippen LogP contribution in [-0.2, 0) is 16.0 Å². The highest BCUT2D eigenvalue weighted by molar-refractivity contribution is 5.91. The number of nitrogens with one attached hydrogen (secondary N) is 2. The molecule has 0 aliphatic rings. The molecule has 0 aliphatic carbocycles. The van der Waals surface area contributed by atoms with Gasteiger partial charge < -0.3 is 21.5 Å². The smallest absolute Gasteiger partial charge is 0.319 e. The molecule has 0 radical (unpaired) electrons. The van der Waals surface area contributed by atoms with Crippen molar-refractivity contribution in [2.24, 2.45) is 5.73 Å². The number of primary amides is 1. The second kappa shape index (κ2) is 6.24. The molecule has 0 bridgehead atoms. The monoisotopic (exact) mass is 251 g/mol. The van der Waals surface area contributed by atoms with Gasteiger partial charge in [-0.2, -0.15) is 0 Å². The highest BCUT2D eigenvalue weighted by Crippen LogP contribution is 2.09. The number of carbonyl (C=O) groups excluding carboxylic acids is 2. The lowest BCUT2D eigenvalue weighted by atomic mass is 10.1. The van der Waals surface area contributed by atoms with Crippen molar-refractivity contribution < 1.29 is 19.5 Å². The first-order chi connectivity index (χ1) is 8.47. The van der Waals surface area contributed by atoms with Gasteiger partial charge in [-0.05, 0) is 17.7 Å². The molecule has 0 heterocycles. The predicted molar refractivity (Wildman–Crippen MR) is 64.0 cm³/mol. The normalized spacial score (nSPS) is 9.56. The average molecular weight is 251 g/mol. The van der Waals surface area contributed by atoms with E-state index in [1.54, 1.807) is 24.3 Å². The third kappa shape index (κ3) is 4.97. The highest BCUT2D eigenvalue weighted by atomic mass is 16.4. The van der Waals surface area contributed by atoms with Crippen molar-refractivity contribution in [1.82, 2.24) is 5.32 Å². The van der Waals surface area contributed by atoms with Gasteiger partial charge in [-0.1, -0.05) is 12.1 Å². The van der Waals surface area contributed by atoms with Gasteiger partial charge in [0.25, 0.3) is 0 Å². The Morgan fingerprint density at radius 3 is 2.28 bits per heavy atom. The van der Waals surface area contributed by atoms with Gasteiger partial charge in [-0.25, -0.2) is 4.79 Å². The molecule has 1 aromatic rings. The number of benzene rings is 1. The number of rotatable bonds is 5. The first-order valence-electron chi connectivity index (χ1n) is 5.11. The van der Waals surface area contributed by atoms with Gasteiger partial charge in [0.15, 0.2) is 0 Å². The summed E-state index contributed by atoms with van der Waals surface area (Å²) in [5.41, 5.74) is 5.99. The molecule has 0 saturated heterocycles. The molecular weight excluding hydrogens is 238 g/mol. The van der Waals surface area contributed by atoms with E-state index in [4.69, 9.17) is 10.8 Å². The van der Waals surface area contributed by atoms with Gasteiger partial charge in [-0.15, -0.1) is 0 Å². The minimum absolute atomic E-state index is 0.0752. The second-order valence-corrected chi connectivity index (χ2v) is 3.54. The fourth-order valence-corrected chi connectivity index (χ4v) is 1.22. The molecule has 7 nitrogen and oxygen atoms in total. The van der Waals surface area contributed by atoms with Crippen LogP contribution in [0.2, 0.25) is 0 Å². The number of carbonyl (C=O) groups is 3. The van der Waals surface area contributed by atoms with Crippen LogP contribution in [0.4, 0.5) is 10.5 Å². The number of anilines is 1. The lowest BCUT2D eigenvalue weighted by molar-refractivity contribution is -0.136. The van der Waals surface area contributed by atoms with E-state index in [-0.39, 0.29) is 13.0 Å². The van der Waals surface area contributed by atoms with Crippen LogP contribution >= 0.6 is 0 Å². The number of hydrogen-bond acceptors (Lipinski definition) is 3. The predicted octanol–water partition coefficient (Wildman–Crippen LogP) is -0.0795. The van der Waals surface area contributed by atoms with E-state index in [9.17, 15) is 14.4 Å². The molecule has 0 fully saturated rings. The molecule has 0 spiro atoms. The standard InChI is InChI=1S/C11H13N3O4/c12-9(15)6-13-11(18)14-8-3-1-7(2-4-8)5-10(16)17/h1-4H,5-6H2,(H2,12,15)(H,16,17)(H2,13,14,18). The van der Waals surface area contributed by atoms with Crippen LogP contribution in [0, 0.1) is 0 Å². The van der Waals surface area contributed by atoms with E-state index in [2.05, 4.69) is 10.6 Å². The topological polar surface area (TPSA) is 122 Å². The number of nitrogens with two attached hydrogens (primary N) is 1. The molecule has 18 heavy (non-hydrogen) atoms. The Labute approximate surface area is 103 Å². The van der Waals surface area contributed by atoms with Gasteiger partial charge in [0.2, 0.25) is 5.91 Å². The maximum absolute atomic E-state index is 11.3. The minimum atomic E-state index is -0.921. The number of urea groups is 1. The Morgan fingerprint density at radius 1 is 1.17 bits per heavy atom. The fraction of sp³-hybridized carbons (Fsp3) is 0.182. The maximum atomic E-state index is 11.3. The van der Waals surface area contributed by atoms with Gasteiger partial charge in [0, 0.05) is 5.69 Å². The van der Waals surface area contributed by atoms with E-state index in [0.29, 0.717) is 11.3 Å². The second-order valence-electron chi connectivity index (χ2n) is 3.54. The first-order valence-corrected chi connectivity index (χ1v) is 5.11. The quantitative estimate of drug-likeness (QED) is 0.584. The SMILES string of the molecule is NC(=O)CNC(=O)Nc1ccc(CC(=O)O)cc1. The molecular formula is C11H13N3O4. The molecule has 1 rings (SSSR count). The lowest BCUT2D eigenvalue weighted by Crippen LogP contribution is -2.36. The summed E-state index contributed by atoms with van der Waals surface area (Å²) in [5, 5.41) is 13.3. The van der Waals surface area contributed by atoms with Crippen molar-refractivity contribution >= 4 is 23.6 Å². The average Bonchev–Trinajstić information content (AvgIpc) is 2.28. The van der Waals surface area contributed by atoms with Crippen molar-refractivity contribution in [3.8, 4) is 0 Å². The molecule has 7 heteroatoms. The van der Waals surface area contributed by atoms with Crippen LogP contribution in [0.3, 0.4) is 0 Å². The van der Waals surface area contributed by atoms with Gasteiger partial charge in [0.1, 0.15) is 0 Å². The molecule has 0 aliphatic heterocycles. The zero-order valence-corrected chi connectivity index (χ0v) is 9.47. The summed E-state index contributed by atoms with van der Waals surface area (Å²) in [4.78, 5) is 32.1. The van der Waals surface area contributed by atoms with Crippen LogP contribution < -0.4 is 16.4 Å². The zero-order valence-electron chi connectivity index (χ0n) is 9.47. The highest BCUT2D eigenvalue weighted by Gasteiger charge is 2.04. The summed E-state index contributed by atoms with van der Waals surface area (Å²) < 4.78 is 0. The first kappa shape index (κ1) is 13.5. The van der Waals surface area contributed by atoms with Crippen molar-refractivity contribution in [1.29, 1.82) is 0 Å². The lowest BCUT2D eigenvalue weighted by Gasteiger charge is -2.06. The Balaban J connectivity index is 2.50. The maximum Gasteiger partial charge on any atom is 0.319 e. The summed E-state index contributed by atoms with van der Waals surface area (Å²) in [5.74, 6) is -1.56. The van der Waals surface area contributed by atoms with E-state index in [1.165, 1.54) is 0 Å². The van der Waals surface area contributed by atoms with Crippen LogP contribution in [0.25, 0.3) is 0 Å². The number of carboxylic acids is 1. The van der Waals surface area contributed by atoms with Crippen LogP contribution in [0.1, 0.15) is 5.56 Å². The Morgan fingerprint density at radius 2 is 1.78 bits per heavy atom. The molecule has 0 saturated carbocycles. The van der Waals surface area contributed by atoms with Crippen molar-refractivity contribution in [3.05, 3.63) is 29.8 Å². The van der Waals surface area contributed by atoms with Crippen LogP contribution in [0.5, 0.6) is 0 Å². The Kier molecular flexibility index (Phi) is 4.67. The number of hydrogen-bond donors (Lipinski definition) is 4. The van der Waals surface area contributed by atoms with Gasteiger partial charge in [-0.3, -0.25) is 9.59 Å². The third-order valence-electron chi connectivity index (χ3n) is 1.99. The van der Waals surface area contributed by atoms with Crippen LogP contribution in [0.15, 0.2) is 24.3 Å². The molecule has 0 unspecified atom stereocenters. The molecule has 0 atom stereocenters. The fourth-order valence-electron chi connectivity index (χ4n) is 1.22. The zero-order chi connectivity index (χ0) is 13.5. The summed E-state index contributed by atoms with van der Waals surface area (Å²) in [6.45, 7) is -0.247. The number of carboxylic acid groups (broad SMARTS) is 1. The summed E-state index contributed by atoms with van der Waals surface area (Å²) in [7, 11) is 0. The Hall–Kier alpha value is -2.57. The Bertz CT molecular complexity index is 456. The summed E-state index contributed by atoms with van der Waals surface area (Å²) in [6.07, 6.45) is -0.0752. The molecule has 3 amide bonds. The van der Waals surface area contributed by atoms with Crippen molar-refractivity contribution in [2.45, 2.75) is 6.42 Å². The molecule has 1 aromatic carbocycles. The van der Waals surface area contributed by atoms with E-state index < -0.39 is 17.9 Å². The summed E-state index contributed by atoms with van der Waals surface area (Å²) in [6, 6.07) is 5.78. The molecule has 0 aromatic heterocycles. The van der Waals surface area contributed by atoms with E-state index >= 15 is 0 Å². The van der Waals surface area contributed by atoms with E-state index in [0.717, 1.165) is 0 Å². The number of aliphatic carboxylic acids is 1. The van der Waals surface area contributed by atoms with E-state index in [1.807, 2.05) is 0 Å². The van der Waals surface area contributed by atoms with Gasteiger partial charge >= 0.3 is 12.0 Å². The van der Waals surface area contributed by atoms with Gasteiger partial charge in [0.05, 0.1) is 13.0 Å². The summed E-state index contributed by atoms with van der Waals surface area (Å²) >= 11 is 0. The molecule has 96 valence electrons. The largest absolute Gasteiger partial charge is 0.481 e. The molecule has 5 N–H and O–H groups in total. The third-order valence-corrected chi connectivity index (χ3v) is 1.99. The number of amides is 3. The van der Waals surface area contributed by atoms with Crippen molar-refractivity contribution in [3.63, 3.8) is 0 Å².